The Bertz CT molecular complexity index is 355. The van der Waals surface area contributed by atoms with Crippen molar-refractivity contribution in [2.75, 3.05) is 13.2 Å². The number of aliphatic hydroxyl groups is 2. The molecule has 6 heteroatoms. The molecule has 2 N–H and O–H groups in total. The highest BCUT2D eigenvalue weighted by Gasteiger charge is 2.12. The SMILES string of the molecule is CC(C)Oc1cnc(OC(CO)CO)c(Cl)c1. The zero-order chi connectivity index (χ0) is 12.8. The van der Waals surface area contributed by atoms with Crippen LogP contribution in [0.4, 0.5) is 0 Å². The van der Waals surface area contributed by atoms with Gasteiger partial charge >= 0.3 is 0 Å². The summed E-state index contributed by atoms with van der Waals surface area (Å²) in [6.07, 6.45) is 0.784. The molecule has 0 bridgehead atoms. The highest BCUT2D eigenvalue weighted by Crippen LogP contribution is 2.27. The molecule has 0 aromatic carbocycles. The van der Waals surface area contributed by atoms with Gasteiger partial charge in [0.05, 0.1) is 25.5 Å². The number of pyridine rings is 1. The van der Waals surface area contributed by atoms with Gasteiger partial charge in [0.2, 0.25) is 5.88 Å². The molecule has 5 nitrogen and oxygen atoms in total. The first-order chi connectivity index (χ1) is 8.06. The summed E-state index contributed by atoms with van der Waals surface area (Å²) in [5, 5.41) is 18.0. The second kappa shape index (κ2) is 6.64. The van der Waals surface area contributed by atoms with Crippen LogP contribution >= 0.6 is 11.6 Å². The molecule has 0 atom stereocenters. The van der Waals surface area contributed by atoms with Gasteiger partial charge in [0.25, 0.3) is 0 Å². The number of aromatic nitrogens is 1. The molecule has 0 aliphatic heterocycles. The average Bonchev–Trinajstić information content (AvgIpc) is 2.27. The second-order valence-electron chi connectivity index (χ2n) is 3.73. The summed E-state index contributed by atoms with van der Waals surface area (Å²) in [6, 6.07) is 1.58. The van der Waals surface area contributed by atoms with E-state index in [0.29, 0.717) is 5.75 Å². The van der Waals surface area contributed by atoms with Gasteiger partial charge in [0.15, 0.2) is 0 Å². The fourth-order valence-electron chi connectivity index (χ4n) is 1.12. The first kappa shape index (κ1) is 14.0. The van der Waals surface area contributed by atoms with E-state index in [1.165, 1.54) is 6.20 Å². The summed E-state index contributed by atoms with van der Waals surface area (Å²) < 4.78 is 10.6. The molecule has 1 heterocycles. The van der Waals surface area contributed by atoms with E-state index in [-0.39, 0.29) is 30.2 Å². The van der Waals surface area contributed by atoms with Gasteiger partial charge in [-0.25, -0.2) is 4.98 Å². The molecule has 0 amide bonds. The number of ether oxygens (including phenoxy) is 2. The third-order valence-corrected chi connectivity index (χ3v) is 2.11. The Labute approximate surface area is 105 Å². The molecule has 96 valence electrons. The molecule has 0 unspecified atom stereocenters. The van der Waals surface area contributed by atoms with E-state index < -0.39 is 6.10 Å². The number of hydrogen-bond donors (Lipinski definition) is 2. The van der Waals surface area contributed by atoms with Gasteiger partial charge < -0.3 is 19.7 Å². The van der Waals surface area contributed by atoms with Crippen LogP contribution in [0, 0.1) is 0 Å². The Morgan fingerprint density at radius 1 is 1.29 bits per heavy atom. The highest BCUT2D eigenvalue weighted by molar-refractivity contribution is 6.31. The van der Waals surface area contributed by atoms with E-state index in [0.717, 1.165) is 0 Å². The van der Waals surface area contributed by atoms with E-state index in [1.54, 1.807) is 6.07 Å². The van der Waals surface area contributed by atoms with Crippen molar-refractivity contribution in [2.45, 2.75) is 26.1 Å². The van der Waals surface area contributed by atoms with Crippen LogP contribution in [0.1, 0.15) is 13.8 Å². The van der Waals surface area contributed by atoms with Crippen LogP contribution in [0.25, 0.3) is 0 Å². The first-order valence-electron chi connectivity index (χ1n) is 5.27. The molecule has 17 heavy (non-hydrogen) atoms. The maximum absolute atomic E-state index is 8.87. The molecule has 0 saturated heterocycles. The van der Waals surface area contributed by atoms with Crippen LogP contribution in [0.5, 0.6) is 11.6 Å². The van der Waals surface area contributed by atoms with Crippen LogP contribution in [-0.4, -0.2) is 40.6 Å². The van der Waals surface area contributed by atoms with Gasteiger partial charge in [-0.05, 0) is 13.8 Å². The number of nitrogens with zero attached hydrogens (tertiary/aromatic N) is 1. The van der Waals surface area contributed by atoms with E-state index >= 15 is 0 Å². The van der Waals surface area contributed by atoms with Gasteiger partial charge in [-0.15, -0.1) is 0 Å². The Morgan fingerprint density at radius 2 is 1.94 bits per heavy atom. The Morgan fingerprint density at radius 3 is 2.41 bits per heavy atom. The van der Waals surface area contributed by atoms with Crippen LogP contribution in [0.2, 0.25) is 5.02 Å². The zero-order valence-electron chi connectivity index (χ0n) is 9.76. The zero-order valence-corrected chi connectivity index (χ0v) is 10.5. The van der Waals surface area contributed by atoms with Gasteiger partial charge in [-0.3, -0.25) is 0 Å². The van der Waals surface area contributed by atoms with Crippen molar-refractivity contribution >= 4 is 11.6 Å². The molecule has 0 saturated carbocycles. The van der Waals surface area contributed by atoms with Crippen molar-refractivity contribution < 1.29 is 19.7 Å². The summed E-state index contributed by atoms with van der Waals surface area (Å²) in [7, 11) is 0. The fraction of sp³-hybridized carbons (Fsp3) is 0.545. The van der Waals surface area contributed by atoms with Crippen LogP contribution < -0.4 is 9.47 Å². The van der Waals surface area contributed by atoms with Crippen molar-refractivity contribution in [1.82, 2.24) is 4.98 Å². The van der Waals surface area contributed by atoms with E-state index in [1.807, 2.05) is 13.8 Å². The summed E-state index contributed by atoms with van der Waals surface area (Å²) in [5.41, 5.74) is 0. The first-order valence-corrected chi connectivity index (χ1v) is 5.65. The van der Waals surface area contributed by atoms with E-state index in [2.05, 4.69) is 4.98 Å². The van der Waals surface area contributed by atoms with Gasteiger partial charge in [0, 0.05) is 6.07 Å². The van der Waals surface area contributed by atoms with Crippen molar-refractivity contribution in [3.05, 3.63) is 17.3 Å². The van der Waals surface area contributed by atoms with Crippen LogP contribution in [0.15, 0.2) is 12.3 Å². The molecular formula is C11H16ClNO4. The van der Waals surface area contributed by atoms with Crippen molar-refractivity contribution in [1.29, 1.82) is 0 Å². The van der Waals surface area contributed by atoms with E-state index in [9.17, 15) is 0 Å². The van der Waals surface area contributed by atoms with Gasteiger partial charge in [-0.2, -0.15) is 0 Å². The number of hydrogen-bond acceptors (Lipinski definition) is 5. The number of aliphatic hydroxyl groups excluding tert-OH is 2. The minimum atomic E-state index is -0.725. The summed E-state index contributed by atoms with van der Waals surface area (Å²) in [6.45, 7) is 3.18. The van der Waals surface area contributed by atoms with Crippen molar-refractivity contribution in [3.63, 3.8) is 0 Å². The van der Waals surface area contributed by atoms with E-state index in [4.69, 9.17) is 31.3 Å². The Balaban J connectivity index is 2.75. The van der Waals surface area contributed by atoms with Crippen LogP contribution in [0.3, 0.4) is 0 Å². The Kier molecular flexibility index (Phi) is 5.47. The number of rotatable bonds is 6. The summed E-state index contributed by atoms with van der Waals surface area (Å²) >= 11 is 5.94. The lowest BCUT2D eigenvalue weighted by Crippen LogP contribution is -2.25. The number of halogens is 1. The second-order valence-corrected chi connectivity index (χ2v) is 4.14. The quantitative estimate of drug-likeness (QED) is 0.807. The minimum absolute atomic E-state index is 0.0299. The molecule has 0 fully saturated rings. The molecule has 0 aliphatic carbocycles. The standard InChI is InChI=1S/C11H16ClNO4/c1-7(2)16-8-3-10(12)11(13-4-8)17-9(5-14)6-15/h3-4,7,9,14-15H,5-6H2,1-2H3. The van der Waals surface area contributed by atoms with Crippen molar-refractivity contribution in [3.8, 4) is 11.6 Å². The molecular weight excluding hydrogens is 246 g/mol. The molecule has 0 aliphatic rings. The predicted octanol–water partition coefficient (Wildman–Crippen LogP) is 1.25. The fourth-order valence-corrected chi connectivity index (χ4v) is 1.32. The predicted molar refractivity (Wildman–Crippen MR) is 63.6 cm³/mol. The largest absolute Gasteiger partial charge is 0.489 e. The third kappa shape index (κ3) is 4.38. The minimum Gasteiger partial charge on any atom is -0.489 e. The third-order valence-electron chi connectivity index (χ3n) is 1.84. The topological polar surface area (TPSA) is 71.8 Å². The van der Waals surface area contributed by atoms with Crippen molar-refractivity contribution in [2.24, 2.45) is 0 Å². The maximum Gasteiger partial charge on any atom is 0.233 e. The lowest BCUT2D eigenvalue weighted by Gasteiger charge is -2.15. The highest BCUT2D eigenvalue weighted by atomic mass is 35.5. The molecule has 1 aromatic rings. The maximum atomic E-state index is 8.87. The monoisotopic (exact) mass is 261 g/mol. The summed E-state index contributed by atoms with van der Waals surface area (Å²) in [4.78, 5) is 3.97. The van der Waals surface area contributed by atoms with Gasteiger partial charge in [0.1, 0.15) is 16.9 Å². The van der Waals surface area contributed by atoms with Gasteiger partial charge in [-0.1, -0.05) is 11.6 Å². The Hall–Kier alpha value is -1.04. The molecule has 1 aromatic heterocycles. The normalized spacial score (nSPS) is 11.0. The average molecular weight is 262 g/mol. The lowest BCUT2D eigenvalue weighted by atomic mass is 10.4. The smallest absolute Gasteiger partial charge is 0.233 e. The molecule has 0 radical (unpaired) electrons. The molecule has 0 spiro atoms. The lowest BCUT2D eigenvalue weighted by molar-refractivity contribution is 0.0596. The van der Waals surface area contributed by atoms with Crippen LogP contribution in [-0.2, 0) is 0 Å². The summed E-state index contributed by atoms with van der Waals surface area (Å²) in [5.74, 6) is 0.706. The molecule has 1 rings (SSSR count).